The summed E-state index contributed by atoms with van der Waals surface area (Å²) in [6, 6.07) is 2.83. The van der Waals surface area contributed by atoms with E-state index < -0.39 is 0 Å². The molecule has 0 aromatic heterocycles. The van der Waals surface area contributed by atoms with Crippen molar-refractivity contribution in [2.75, 3.05) is 0 Å². The third-order valence-electron chi connectivity index (χ3n) is 2.50. The van der Waals surface area contributed by atoms with Crippen LogP contribution in [-0.4, -0.2) is 5.11 Å². The summed E-state index contributed by atoms with van der Waals surface area (Å²) in [4.78, 5) is 0. The molecule has 0 aliphatic carbocycles. The Kier molecular flexibility index (Phi) is 7.26. The summed E-state index contributed by atoms with van der Waals surface area (Å²) in [7, 11) is 0. The molecule has 0 unspecified atom stereocenters. The van der Waals surface area contributed by atoms with Crippen molar-refractivity contribution in [3.63, 3.8) is 0 Å². The molecule has 0 aliphatic rings. The van der Waals surface area contributed by atoms with E-state index in [0.29, 0.717) is 21.5 Å². The second-order valence-corrected chi connectivity index (χ2v) is 5.24. The normalized spacial score (nSPS) is 12.4. The molecule has 98 valence electrons. The van der Waals surface area contributed by atoms with Gasteiger partial charge in [-0.2, -0.15) is 0 Å². The summed E-state index contributed by atoms with van der Waals surface area (Å²) in [5.74, 6) is 0.660. The topological polar surface area (TPSA) is 46.2 Å². The number of phenolic OH excluding ortho intramolecular Hbond substituents is 1. The number of hydrogen-bond donors (Lipinski definition) is 2. The van der Waals surface area contributed by atoms with Gasteiger partial charge < -0.3 is 10.8 Å². The van der Waals surface area contributed by atoms with Gasteiger partial charge in [0.05, 0.1) is 5.02 Å². The fourth-order valence-corrected chi connectivity index (χ4v) is 2.22. The van der Waals surface area contributed by atoms with Crippen molar-refractivity contribution >= 4 is 35.6 Å². The third kappa shape index (κ3) is 4.92. The number of halogens is 3. The van der Waals surface area contributed by atoms with Gasteiger partial charge in [-0.15, -0.1) is 12.4 Å². The SMILES string of the molecule is CC(C)CC[C@@H](N)c1c(O)cc(Cl)cc1Cl.Cl. The molecule has 2 nitrogen and oxygen atoms in total. The van der Waals surface area contributed by atoms with Crippen molar-refractivity contribution in [3.05, 3.63) is 27.7 Å². The fraction of sp³-hybridized carbons (Fsp3) is 0.500. The molecule has 1 rings (SSSR count). The molecule has 0 fully saturated rings. The maximum atomic E-state index is 9.76. The number of nitrogens with two attached hydrogens (primary N) is 1. The van der Waals surface area contributed by atoms with Crippen LogP contribution in [0.25, 0.3) is 0 Å². The molecule has 0 bridgehead atoms. The zero-order chi connectivity index (χ0) is 12.3. The lowest BCUT2D eigenvalue weighted by atomic mass is 9.97. The molecule has 0 heterocycles. The Balaban J connectivity index is 0.00000256. The maximum Gasteiger partial charge on any atom is 0.123 e. The minimum Gasteiger partial charge on any atom is -0.508 e. The number of benzene rings is 1. The van der Waals surface area contributed by atoms with Crippen molar-refractivity contribution in [1.29, 1.82) is 0 Å². The first-order valence-corrected chi connectivity index (χ1v) is 6.11. The first-order valence-electron chi connectivity index (χ1n) is 5.35. The van der Waals surface area contributed by atoms with E-state index in [1.807, 2.05) is 0 Å². The molecule has 1 aromatic rings. The van der Waals surface area contributed by atoms with Crippen LogP contribution in [0.5, 0.6) is 5.75 Å². The van der Waals surface area contributed by atoms with E-state index in [0.717, 1.165) is 12.8 Å². The van der Waals surface area contributed by atoms with E-state index in [-0.39, 0.29) is 24.2 Å². The van der Waals surface area contributed by atoms with Gasteiger partial charge >= 0.3 is 0 Å². The average Bonchev–Trinajstić information content (AvgIpc) is 2.12. The highest BCUT2D eigenvalue weighted by atomic mass is 35.5. The molecular weight excluding hydrogens is 280 g/mol. The molecule has 0 aliphatic heterocycles. The van der Waals surface area contributed by atoms with Crippen molar-refractivity contribution in [3.8, 4) is 5.75 Å². The molecule has 0 amide bonds. The molecule has 1 aromatic carbocycles. The predicted octanol–water partition coefficient (Wildman–Crippen LogP) is 4.56. The van der Waals surface area contributed by atoms with Crippen molar-refractivity contribution in [2.45, 2.75) is 32.7 Å². The minimum atomic E-state index is -0.243. The zero-order valence-corrected chi connectivity index (χ0v) is 12.2. The fourth-order valence-electron chi connectivity index (χ4n) is 1.60. The van der Waals surface area contributed by atoms with E-state index in [1.165, 1.54) is 6.07 Å². The van der Waals surface area contributed by atoms with Crippen molar-refractivity contribution < 1.29 is 5.11 Å². The highest BCUT2D eigenvalue weighted by Gasteiger charge is 2.16. The lowest BCUT2D eigenvalue weighted by Gasteiger charge is -2.16. The molecule has 0 saturated heterocycles. The smallest absolute Gasteiger partial charge is 0.123 e. The molecule has 0 radical (unpaired) electrons. The summed E-state index contributed by atoms with van der Waals surface area (Å²) < 4.78 is 0. The van der Waals surface area contributed by atoms with E-state index in [2.05, 4.69) is 13.8 Å². The number of rotatable bonds is 4. The molecule has 0 spiro atoms. The molecule has 0 saturated carbocycles. The Hall–Kier alpha value is -0.150. The summed E-state index contributed by atoms with van der Waals surface area (Å²) >= 11 is 11.8. The van der Waals surface area contributed by atoms with Crippen molar-refractivity contribution in [1.82, 2.24) is 0 Å². The van der Waals surface area contributed by atoms with Gasteiger partial charge in [0.15, 0.2) is 0 Å². The van der Waals surface area contributed by atoms with Crippen LogP contribution in [0.15, 0.2) is 12.1 Å². The van der Waals surface area contributed by atoms with Gasteiger partial charge in [-0.25, -0.2) is 0 Å². The quantitative estimate of drug-likeness (QED) is 0.856. The predicted molar refractivity (Wildman–Crippen MR) is 76.4 cm³/mol. The lowest BCUT2D eigenvalue weighted by molar-refractivity contribution is 0.448. The van der Waals surface area contributed by atoms with Gasteiger partial charge in [-0.3, -0.25) is 0 Å². The first-order chi connectivity index (χ1) is 7.41. The van der Waals surface area contributed by atoms with Crippen LogP contribution in [0.3, 0.4) is 0 Å². The second-order valence-electron chi connectivity index (χ2n) is 4.40. The molecule has 17 heavy (non-hydrogen) atoms. The molecular formula is C12H18Cl3NO. The Labute approximate surface area is 119 Å². The van der Waals surface area contributed by atoms with E-state index in [4.69, 9.17) is 28.9 Å². The summed E-state index contributed by atoms with van der Waals surface area (Å²) in [6.45, 7) is 4.27. The maximum absolute atomic E-state index is 9.76. The van der Waals surface area contributed by atoms with Crippen LogP contribution in [0.1, 0.15) is 38.3 Å². The van der Waals surface area contributed by atoms with Gasteiger partial charge in [-0.1, -0.05) is 37.0 Å². The van der Waals surface area contributed by atoms with Crippen LogP contribution in [-0.2, 0) is 0 Å². The summed E-state index contributed by atoms with van der Waals surface area (Å²) in [5.41, 5.74) is 6.60. The number of hydrogen-bond acceptors (Lipinski definition) is 2. The third-order valence-corrected chi connectivity index (χ3v) is 3.03. The van der Waals surface area contributed by atoms with Crippen LogP contribution < -0.4 is 5.73 Å². The highest BCUT2D eigenvalue weighted by molar-refractivity contribution is 6.35. The first kappa shape index (κ1) is 16.9. The number of aromatic hydroxyl groups is 1. The van der Waals surface area contributed by atoms with Crippen LogP contribution in [0.4, 0.5) is 0 Å². The Morgan fingerprint density at radius 1 is 1.24 bits per heavy atom. The Morgan fingerprint density at radius 2 is 1.82 bits per heavy atom. The highest BCUT2D eigenvalue weighted by Crippen LogP contribution is 2.35. The minimum absolute atomic E-state index is 0. The second kappa shape index (κ2) is 7.32. The van der Waals surface area contributed by atoms with E-state index >= 15 is 0 Å². The van der Waals surface area contributed by atoms with Crippen LogP contribution in [0.2, 0.25) is 10.0 Å². The lowest BCUT2D eigenvalue weighted by Crippen LogP contribution is -2.12. The molecule has 1 atom stereocenters. The van der Waals surface area contributed by atoms with Crippen molar-refractivity contribution in [2.24, 2.45) is 11.7 Å². The monoisotopic (exact) mass is 297 g/mol. The molecule has 5 heteroatoms. The van der Waals surface area contributed by atoms with Gasteiger partial charge in [0.2, 0.25) is 0 Å². The van der Waals surface area contributed by atoms with E-state index in [9.17, 15) is 5.11 Å². The van der Waals surface area contributed by atoms with E-state index in [1.54, 1.807) is 6.07 Å². The van der Waals surface area contributed by atoms with Gasteiger partial charge in [0.1, 0.15) is 5.75 Å². The van der Waals surface area contributed by atoms with Crippen LogP contribution in [0, 0.1) is 5.92 Å². The Bertz CT molecular complexity index is 346. The largest absolute Gasteiger partial charge is 0.508 e. The summed E-state index contributed by atoms with van der Waals surface area (Å²) in [6.07, 6.45) is 1.80. The molecule has 3 N–H and O–H groups in total. The van der Waals surface area contributed by atoms with Gasteiger partial charge in [0, 0.05) is 16.6 Å². The zero-order valence-electron chi connectivity index (χ0n) is 9.91. The van der Waals surface area contributed by atoms with Crippen LogP contribution >= 0.6 is 35.6 Å². The average molecular weight is 299 g/mol. The summed E-state index contributed by atoms with van der Waals surface area (Å²) in [5, 5.41) is 10.6. The van der Waals surface area contributed by atoms with Gasteiger partial charge in [-0.05, 0) is 30.9 Å². The standard InChI is InChI=1S/C12H17Cl2NO.ClH/c1-7(2)3-4-10(15)12-9(14)5-8(13)6-11(12)16;/h5-7,10,16H,3-4,15H2,1-2H3;1H/t10-;/m1./s1. The van der Waals surface area contributed by atoms with Gasteiger partial charge in [0.25, 0.3) is 0 Å². The number of phenols is 1. The Morgan fingerprint density at radius 3 is 2.29 bits per heavy atom.